The van der Waals surface area contributed by atoms with E-state index >= 15 is 0 Å². The van der Waals surface area contributed by atoms with Crippen LogP contribution < -0.4 is 5.32 Å². The lowest BCUT2D eigenvalue weighted by molar-refractivity contribution is -0.379. The molecule has 3 rings (SSSR count). The highest BCUT2D eigenvalue weighted by atomic mass is 16.8. The summed E-state index contributed by atoms with van der Waals surface area (Å²) < 4.78 is 34.3. The minimum atomic E-state index is -1.98. The van der Waals surface area contributed by atoms with E-state index in [2.05, 4.69) is 31.3 Å². The van der Waals surface area contributed by atoms with Gasteiger partial charge < -0.3 is 89.9 Å². The van der Waals surface area contributed by atoms with Crippen molar-refractivity contribution in [2.24, 2.45) is 0 Å². The van der Waals surface area contributed by atoms with E-state index in [1.165, 1.54) is 161 Å². The Morgan fingerprint density at radius 1 is 0.432 bits per heavy atom. The number of aliphatic hydroxyl groups excluding tert-OH is 11. The van der Waals surface area contributed by atoms with Gasteiger partial charge >= 0.3 is 0 Å². The molecule has 0 radical (unpaired) electrons. The van der Waals surface area contributed by atoms with E-state index in [-0.39, 0.29) is 18.9 Å². The first kappa shape index (κ1) is 73.5. The Kier molecular flexibility index (Phi) is 41.4. The third-order valence-electron chi connectivity index (χ3n) is 16.3. The largest absolute Gasteiger partial charge is 0.394 e. The van der Waals surface area contributed by atoms with Crippen LogP contribution in [0.3, 0.4) is 0 Å². The smallest absolute Gasteiger partial charge is 0.220 e. The number of nitrogens with one attached hydrogen (secondary N) is 1. The third-order valence-corrected chi connectivity index (χ3v) is 16.3. The maximum atomic E-state index is 13.3. The average molecular weight is 1160 g/mol. The molecular weight excluding hydrogens is 1050 g/mol. The second kappa shape index (κ2) is 45.6. The van der Waals surface area contributed by atoms with Crippen molar-refractivity contribution in [1.82, 2.24) is 5.32 Å². The van der Waals surface area contributed by atoms with Gasteiger partial charge in [0.15, 0.2) is 18.9 Å². The van der Waals surface area contributed by atoms with Gasteiger partial charge in [-0.1, -0.05) is 218 Å². The minimum absolute atomic E-state index is 0.240. The van der Waals surface area contributed by atoms with Gasteiger partial charge in [-0.3, -0.25) is 4.79 Å². The molecule has 0 aromatic heterocycles. The van der Waals surface area contributed by atoms with E-state index in [1.54, 1.807) is 6.08 Å². The van der Waals surface area contributed by atoms with Crippen LogP contribution in [0.4, 0.5) is 0 Å². The van der Waals surface area contributed by atoms with E-state index in [1.807, 2.05) is 6.08 Å². The molecule has 3 heterocycles. The molecule has 0 aromatic rings. The molecule has 19 nitrogen and oxygen atoms in total. The van der Waals surface area contributed by atoms with E-state index in [4.69, 9.17) is 28.4 Å². The Labute approximate surface area is 486 Å². The van der Waals surface area contributed by atoms with Crippen LogP contribution in [-0.4, -0.2) is 193 Å². The van der Waals surface area contributed by atoms with Crippen LogP contribution in [0.15, 0.2) is 24.3 Å². The van der Waals surface area contributed by atoms with Gasteiger partial charge in [0.25, 0.3) is 0 Å². The first-order valence-corrected chi connectivity index (χ1v) is 32.1. The summed E-state index contributed by atoms with van der Waals surface area (Å²) >= 11 is 0. The molecule has 0 aromatic carbocycles. The van der Waals surface area contributed by atoms with Crippen molar-refractivity contribution in [2.45, 2.75) is 336 Å². The Morgan fingerprint density at radius 2 is 0.790 bits per heavy atom. The van der Waals surface area contributed by atoms with Crippen molar-refractivity contribution in [3.05, 3.63) is 24.3 Å². The fraction of sp³-hybridized carbons (Fsp3) is 0.919. The zero-order valence-electron chi connectivity index (χ0n) is 49.8. The summed E-state index contributed by atoms with van der Waals surface area (Å²) in [4.78, 5) is 13.3. The Morgan fingerprint density at radius 3 is 1.23 bits per heavy atom. The van der Waals surface area contributed by atoms with Crippen LogP contribution >= 0.6 is 0 Å². The Hall–Kier alpha value is -1.73. The van der Waals surface area contributed by atoms with E-state index in [9.17, 15) is 61.0 Å². The number of amides is 1. The predicted molar refractivity (Wildman–Crippen MR) is 310 cm³/mol. The molecule has 17 unspecified atom stereocenters. The first-order chi connectivity index (χ1) is 39.3. The lowest BCUT2D eigenvalue weighted by Crippen LogP contribution is -2.66. The van der Waals surface area contributed by atoms with Crippen LogP contribution in [0, 0.1) is 0 Å². The lowest BCUT2D eigenvalue weighted by atomic mass is 9.96. The lowest BCUT2D eigenvalue weighted by Gasteiger charge is -2.48. The third kappa shape index (κ3) is 29.0. The molecule has 476 valence electrons. The molecule has 0 saturated carbocycles. The van der Waals surface area contributed by atoms with Crippen LogP contribution in [0.25, 0.3) is 0 Å². The number of aliphatic hydroxyl groups is 11. The topological polar surface area (TPSA) is 307 Å². The van der Waals surface area contributed by atoms with Crippen molar-refractivity contribution < 1.29 is 89.4 Å². The minimum Gasteiger partial charge on any atom is -0.394 e. The quantitative estimate of drug-likeness (QED) is 0.0222. The van der Waals surface area contributed by atoms with Crippen LogP contribution in [0.1, 0.15) is 232 Å². The molecule has 81 heavy (non-hydrogen) atoms. The van der Waals surface area contributed by atoms with Crippen molar-refractivity contribution in [3.63, 3.8) is 0 Å². The number of allylic oxidation sites excluding steroid dienone is 3. The van der Waals surface area contributed by atoms with Crippen molar-refractivity contribution in [3.8, 4) is 0 Å². The zero-order valence-corrected chi connectivity index (χ0v) is 49.8. The number of rotatable bonds is 48. The molecule has 19 heteroatoms. The second-order valence-electron chi connectivity index (χ2n) is 23.2. The van der Waals surface area contributed by atoms with Gasteiger partial charge in [0.1, 0.15) is 73.2 Å². The van der Waals surface area contributed by atoms with E-state index in [0.717, 1.165) is 38.5 Å². The summed E-state index contributed by atoms with van der Waals surface area (Å²) in [6, 6.07) is -0.985. The van der Waals surface area contributed by atoms with Crippen molar-refractivity contribution >= 4 is 5.91 Å². The summed E-state index contributed by atoms with van der Waals surface area (Å²) in [5.41, 5.74) is 0. The molecule has 12 N–H and O–H groups in total. The summed E-state index contributed by atoms with van der Waals surface area (Å²) in [6.07, 6.45) is 21.6. The summed E-state index contributed by atoms with van der Waals surface area (Å²) in [5.74, 6) is -0.283. The number of carbonyl (C=O) groups excluding carboxylic acids is 1. The molecule has 1 amide bonds. The molecule has 3 aliphatic rings. The van der Waals surface area contributed by atoms with E-state index in [0.29, 0.717) is 12.8 Å². The number of unbranched alkanes of at least 4 members (excludes halogenated alkanes) is 30. The molecule has 3 aliphatic heterocycles. The molecule has 0 bridgehead atoms. The van der Waals surface area contributed by atoms with Crippen molar-refractivity contribution in [1.29, 1.82) is 0 Å². The fourth-order valence-corrected chi connectivity index (χ4v) is 11.0. The fourth-order valence-electron chi connectivity index (χ4n) is 11.0. The maximum absolute atomic E-state index is 13.3. The number of ether oxygens (including phenoxy) is 6. The highest BCUT2D eigenvalue weighted by Gasteiger charge is 2.53. The summed E-state index contributed by atoms with van der Waals surface area (Å²) in [6.45, 7) is 1.72. The van der Waals surface area contributed by atoms with Gasteiger partial charge in [-0.25, -0.2) is 0 Å². The molecule has 3 fully saturated rings. The summed E-state index contributed by atoms with van der Waals surface area (Å²) in [5, 5.41) is 120. The predicted octanol–water partition coefficient (Wildman–Crippen LogP) is 6.71. The molecular formula is C62H115NO18. The Bertz CT molecular complexity index is 1580. The molecule has 0 aliphatic carbocycles. The summed E-state index contributed by atoms with van der Waals surface area (Å²) in [7, 11) is 0. The highest BCUT2D eigenvalue weighted by molar-refractivity contribution is 5.76. The monoisotopic (exact) mass is 1160 g/mol. The van der Waals surface area contributed by atoms with Crippen LogP contribution in [-0.2, 0) is 33.2 Å². The van der Waals surface area contributed by atoms with Crippen LogP contribution in [0.2, 0.25) is 0 Å². The zero-order chi connectivity index (χ0) is 59.0. The normalized spacial score (nSPS) is 29.9. The SMILES string of the molecule is CCCCCCCCCCCCCCCCCC/C=C/CC/C=C/C(O)C(COC1OC(CO)C(OC2OC(CO)C(OC3OC(CO)C(O)C(O)C3O)C(O)C2O)C(O)C1O)NC(=O)CCCCCCCCCCCCCCCC. The van der Waals surface area contributed by atoms with Crippen molar-refractivity contribution in [2.75, 3.05) is 26.4 Å². The van der Waals surface area contributed by atoms with Gasteiger partial charge in [-0.05, 0) is 32.1 Å². The Balaban J connectivity index is 1.49. The standard InChI is InChI=1S/C62H115NO18/c1-3-5-7-9-11-13-15-17-19-20-21-22-23-24-25-26-27-29-31-33-35-37-39-46(67)45(63-50(68)40-38-36-34-32-30-28-18-16-14-12-10-8-6-4-2)44-76-60-56(74)53(71)58(48(42-65)78-60)81-62-57(75)54(72)59(49(43-66)79-62)80-61-55(73)52(70)51(69)47(41-64)77-61/h29,31,37,39,45-49,51-62,64-67,69-75H,3-28,30,32-36,38,40-44H2,1-2H3,(H,63,68)/b31-29+,39-37+. The number of hydrogen-bond acceptors (Lipinski definition) is 18. The first-order valence-electron chi connectivity index (χ1n) is 32.1. The highest BCUT2D eigenvalue weighted by Crippen LogP contribution is 2.33. The maximum Gasteiger partial charge on any atom is 0.220 e. The van der Waals surface area contributed by atoms with Gasteiger partial charge in [0, 0.05) is 6.42 Å². The van der Waals surface area contributed by atoms with E-state index < -0.39 is 124 Å². The average Bonchev–Trinajstić information content (AvgIpc) is 3.46. The van der Waals surface area contributed by atoms with Gasteiger partial charge in [0.2, 0.25) is 5.91 Å². The van der Waals surface area contributed by atoms with Gasteiger partial charge in [-0.15, -0.1) is 0 Å². The van der Waals surface area contributed by atoms with Gasteiger partial charge in [-0.2, -0.15) is 0 Å². The van der Waals surface area contributed by atoms with Gasteiger partial charge in [0.05, 0.1) is 38.6 Å². The second-order valence-corrected chi connectivity index (χ2v) is 23.2. The molecule has 17 atom stereocenters. The van der Waals surface area contributed by atoms with Crippen LogP contribution in [0.5, 0.6) is 0 Å². The molecule has 3 saturated heterocycles. The number of carbonyl (C=O) groups is 1. The number of hydrogen-bond donors (Lipinski definition) is 12. The molecule has 0 spiro atoms.